The molecule has 1 saturated heterocycles. The Labute approximate surface area is 182 Å². The van der Waals surface area contributed by atoms with Crippen molar-refractivity contribution in [3.8, 4) is 5.75 Å². The molecule has 2 amide bonds. The maximum atomic E-state index is 14.5. The van der Waals surface area contributed by atoms with E-state index in [1.165, 1.54) is 18.2 Å². The Hall–Kier alpha value is -2.93. The largest absolute Gasteiger partial charge is 0.483 e. The predicted molar refractivity (Wildman–Crippen MR) is 115 cm³/mol. The van der Waals surface area contributed by atoms with Gasteiger partial charge in [0.1, 0.15) is 17.1 Å². The lowest BCUT2D eigenvalue weighted by Gasteiger charge is -2.30. The highest BCUT2D eigenvalue weighted by Crippen LogP contribution is 2.26. The molecule has 0 unspecified atom stereocenters. The van der Waals surface area contributed by atoms with E-state index >= 15 is 0 Å². The van der Waals surface area contributed by atoms with E-state index in [4.69, 9.17) is 4.74 Å². The smallest absolute Gasteiger partial charge is 0.260 e. The van der Waals surface area contributed by atoms with E-state index in [2.05, 4.69) is 12.2 Å². The summed E-state index contributed by atoms with van der Waals surface area (Å²) in [6, 6.07) is 13.2. The van der Waals surface area contributed by atoms with Crippen molar-refractivity contribution in [1.29, 1.82) is 0 Å². The number of nitrogens with zero attached hydrogens (tertiary/aromatic N) is 1. The van der Waals surface area contributed by atoms with Crippen LogP contribution in [0.15, 0.2) is 48.5 Å². The molecule has 2 aromatic carbocycles. The number of amides is 2. The third kappa shape index (κ3) is 6.28. The molecule has 1 fully saturated rings. The van der Waals surface area contributed by atoms with E-state index in [1.807, 2.05) is 30.3 Å². The van der Waals surface area contributed by atoms with Gasteiger partial charge in [-0.3, -0.25) is 9.59 Å². The molecule has 31 heavy (non-hydrogen) atoms. The van der Waals surface area contributed by atoms with Gasteiger partial charge in [-0.15, -0.1) is 0 Å². The second-order valence-electron chi connectivity index (χ2n) is 8.01. The number of likely N-dealkylation sites (tertiary alicyclic amines) is 1. The number of benzene rings is 2. The highest BCUT2D eigenvalue weighted by molar-refractivity contribution is 5.97. The first-order valence-electron chi connectivity index (χ1n) is 10.6. The first-order valence-corrected chi connectivity index (χ1v) is 10.6. The first kappa shape index (κ1) is 22.7. The van der Waals surface area contributed by atoms with Gasteiger partial charge in [0.2, 0.25) is 0 Å². The molecule has 6 nitrogen and oxygen atoms in total. The van der Waals surface area contributed by atoms with Gasteiger partial charge in [-0.05, 0) is 42.9 Å². The fourth-order valence-electron chi connectivity index (χ4n) is 3.67. The Morgan fingerprint density at radius 1 is 1.16 bits per heavy atom. The number of halogens is 1. The second-order valence-corrected chi connectivity index (χ2v) is 8.01. The molecule has 0 bridgehead atoms. The fraction of sp³-hybridized carbons (Fsp3) is 0.417. The van der Waals surface area contributed by atoms with Crippen LogP contribution in [0.5, 0.6) is 5.75 Å². The highest BCUT2D eigenvalue weighted by Gasteiger charge is 2.27. The summed E-state index contributed by atoms with van der Waals surface area (Å²) in [5.74, 6) is -0.956. The van der Waals surface area contributed by atoms with Crippen molar-refractivity contribution in [2.45, 2.75) is 32.2 Å². The number of hydrogen-bond donors (Lipinski definition) is 2. The summed E-state index contributed by atoms with van der Waals surface area (Å²) in [5, 5.41) is 12.3. The van der Waals surface area contributed by atoms with Crippen LogP contribution in [0.25, 0.3) is 0 Å². The highest BCUT2D eigenvalue weighted by atomic mass is 19.1. The maximum Gasteiger partial charge on any atom is 0.260 e. The van der Waals surface area contributed by atoms with Crippen LogP contribution in [0.1, 0.15) is 35.7 Å². The topological polar surface area (TPSA) is 78.9 Å². The van der Waals surface area contributed by atoms with E-state index < -0.39 is 23.7 Å². The number of aliphatic hydroxyl groups excluding tert-OH is 1. The zero-order valence-corrected chi connectivity index (χ0v) is 17.7. The van der Waals surface area contributed by atoms with Crippen LogP contribution in [0, 0.1) is 11.7 Å². The first-order chi connectivity index (χ1) is 15.0. The minimum Gasteiger partial charge on any atom is -0.483 e. The molecule has 2 N–H and O–H groups in total. The maximum absolute atomic E-state index is 14.5. The molecule has 2 aromatic rings. The van der Waals surface area contributed by atoms with Crippen molar-refractivity contribution in [1.82, 2.24) is 10.2 Å². The van der Waals surface area contributed by atoms with E-state index in [1.54, 1.807) is 4.90 Å². The number of carbonyl (C=O) groups excluding carboxylic acids is 2. The Kier molecular flexibility index (Phi) is 8.00. The van der Waals surface area contributed by atoms with Gasteiger partial charge in [0, 0.05) is 13.1 Å². The van der Waals surface area contributed by atoms with Gasteiger partial charge in [0.15, 0.2) is 6.61 Å². The van der Waals surface area contributed by atoms with Crippen molar-refractivity contribution < 1.29 is 23.8 Å². The van der Waals surface area contributed by atoms with Crippen LogP contribution in [0.3, 0.4) is 0 Å². The molecule has 0 saturated carbocycles. The number of rotatable bonds is 8. The Morgan fingerprint density at radius 2 is 1.87 bits per heavy atom. The molecule has 0 radical (unpaired) electrons. The minimum absolute atomic E-state index is 0.0439. The fourth-order valence-corrected chi connectivity index (χ4v) is 3.67. The molecule has 1 heterocycles. The molecular weight excluding hydrogens is 399 g/mol. The summed E-state index contributed by atoms with van der Waals surface area (Å²) in [7, 11) is 0. The number of hydrogen-bond acceptors (Lipinski definition) is 4. The predicted octanol–water partition coefficient (Wildman–Crippen LogP) is 2.80. The van der Waals surface area contributed by atoms with Crippen LogP contribution in [-0.2, 0) is 11.2 Å². The van der Waals surface area contributed by atoms with Crippen molar-refractivity contribution in [3.05, 3.63) is 65.5 Å². The molecule has 1 aliphatic rings. The molecule has 3 rings (SSSR count). The SMILES string of the molecule is CC1CCN(C(=O)c2c(F)cccc2OCC(=O)N[C@H](CO)Cc2ccccc2)CC1. The molecule has 7 heteroatoms. The third-order valence-electron chi connectivity index (χ3n) is 5.53. The zero-order chi connectivity index (χ0) is 22.2. The minimum atomic E-state index is -0.668. The van der Waals surface area contributed by atoms with Crippen LogP contribution < -0.4 is 10.1 Å². The van der Waals surface area contributed by atoms with E-state index in [9.17, 15) is 19.1 Å². The van der Waals surface area contributed by atoms with E-state index in [0.29, 0.717) is 25.4 Å². The van der Waals surface area contributed by atoms with Crippen LogP contribution in [0.4, 0.5) is 4.39 Å². The normalized spacial score (nSPS) is 15.4. The van der Waals surface area contributed by atoms with Crippen molar-refractivity contribution in [3.63, 3.8) is 0 Å². The Balaban J connectivity index is 1.61. The number of aliphatic hydroxyl groups is 1. The van der Waals surface area contributed by atoms with Gasteiger partial charge in [-0.1, -0.05) is 43.3 Å². The van der Waals surface area contributed by atoms with Gasteiger partial charge in [0.05, 0.1) is 12.6 Å². The van der Waals surface area contributed by atoms with E-state index in [0.717, 1.165) is 18.4 Å². The molecule has 0 aliphatic carbocycles. The van der Waals surface area contributed by atoms with Crippen LogP contribution in [0.2, 0.25) is 0 Å². The Bertz CT molecular complexity index is 882. The summed E-state index contributed by atoms with van der Waals surface area (Å²) in [5.41, 5.74) is 0.837. The quantitative estimate of drug-likeness (QED) is 0.678. The van der Waals surface area contributed by atoms with Crippen molar-refractivity contribution in [2.75, 3.05) is 26.3 Å². The standard InChI is InChI=1S/C24H29FN2O4/c1-17-10-12-27(13-11-17)24(30)23-20(25)8-5-9-21(23)31-16-22(29)26-19(15-28)14-18-6-3-2-4-7-18/h2-9,17,19,28H,10-16H2,1H3,(H,26,29)/t19-/m0/s1. The number of ether oxygens (including phenoxy) is 1. The number of piperidine rings is 1. The lowest BCUT2D eigenvalue weighted by atomic mass is 9.98. The second kappa shape index (κ2) is 10.9. The summed E-state index contributed by atoms with van der Waals surface area (Å²) < 4.78 is 20.0. The van der Waals surface area contributed by atoms with Gasteiger partial charge < -0.3 is 20.1 Å². The lowest BCUT2D eigenvalue weighted by molar-refractivity contribution is -0.124. The average molecular weight is 429 g/mol. The molecule has 0 spiro atoms. The summed E-state index contributed by atoms with van der Waals surface area (Å²) in [6.07, 6.45) is 2.23. The third-order valence-corrected chi connectivity index (χ3v) is 5.53. The Morgan fingerprint density at radius 3 is 2.55 bits per heavy atom. The van der Waals surface area contributed by atoms with Crippen LogP contribution >= 0.6 is 0 Å². The summed E-state index contributed by atoms with van der Waals surface area (Å²) in [6.45, 7) is 2.68. The molecule has 0 aromatic heterocycles. The molecule has 1 atom stereocenters. The van der Waals surface area contributed by atoms with Crippen LogP contribution in [-0.4, -0.2) is 54.2 Å². The molecular formula is C24H29FN2O4. The summed E-state index contributed by atoms with van der Waals surface area (Å²) in [4.78, 5) is 26.9. The van der Waals surface area contributed by atoms with Gasteiger partial charge in [0.25, 0.3) is 11.8 Å². The van der Waals surface area contributed by atoms with Gasteiger partial charge >= 0.3 is 0 Å². The van der Waals surface area contributed by atoms with Gasteiger partial charge in [-0.2, -0.15) is 0 Å². The average Bonchev–Trinajstić information content (AvgIpc) is 2.78. The monoisotopic (exact) mass is 428 g/mol. The number of nitrogens with one attached hydrogen (secondary N) is 1. The number of carbonyl (C=O) groups is 2. The lowest BCUT2D eigenvalue weighted by Crippen LogP contribution is -2.41. The van der Waals surface area contributed by atoms with Crippen molar-refractivity contribution >= 4 is 11.8 Å². The van der Waals surface area contributed by atoms with Gasteiger partial charge in [-0.25, -0.2) is 4.39 Å². The summed E-state index contributed by atoms with van der Waals surface area (Å²) >= 11 is 0. The zero-order valence-electron chi connectivity index (χ0n) is 17.7. The van der Waals surface area contributed by atoms with Crippen molar-refractivity contribution in [2.24, 2.45) is 5.92 Å². The molecule has 1 aliphatic heterocycles. The van der Waals surface area contributed by atoms with E-state index in [-0.39, 0.29) is 24.5 Å². The molecule has 166 valence electrons.